The summed E-state index contributed by atoms with van der Waals surface area (Å²) in [4.78, 5) is 12.9. The van der Waals surface area contributed by atoms with Crippen molar-refractivity contribution in [3.63, 3.8) is 0 Å². The van der Waals surface area contributed by atoms with E-state index >= 15 is 0 Å². The van der Waals surface area contributed by atoms with Crippen molar-refractivity contribution in [3.8, 4) is 11.5 Å². The molecule has 122 valence electrons. The van der Waals surface area contributed by atoms with Gasteiger partial charge in [-0.2, -0.15) is 0 Å². The van der Waals surface area contributed by atoms with Gasteiger partial charge in [-0.25, -0.2) is 4.39 Å². The highest BCUT2D eigenvalue weighted by molar-refractivity contribution is 8.00. The Morgan fingerprint density at radius 2 is 1.83 bits per heavy atom. The standard InChI is InChI=1S/C16H15ClFNO3S/c1-21-14-8-15(22-2)13(7-12(14)17)19-16(20)9-23-11-5-3-10(18)4-6-11/h3-8H,9H2,1-2H3,(H,19,20). The lowest BCUT2D eigenvalue weighted by atomic mass is 10.2. The van der Waals surface area contributed by atoms with Gasteiger partial charge in [-0.3, -0.25) is 4.79 Å². The van der Waals surface area contributed by atoms with Crippen LogP contribution in [0.15, 0.2) is 41.3 Å². The minimum absolute atomic E-state index is 0.179. The maximum absolute atomic E-state index is 12.8. The van der Waals surface area contributed by atoms with Crippen LogP contribution in [0.1, 0.15) is 0 Å². The Hall–Kier alpha value is -1.92. The van der Waals surface area contributed by atoms with Crippen LogP contribution >= 0.6 is 23.4 Å². The normalized spacial score (nSPS) is 10.3. The maximum atomic E-state index is 12.8. The van der Waals surface area contributed by atoms with Crippen molar-refractivity contribution >= 4 is 35.0 Å². The quantitative estimate of drug-likeness (QED) is 0.788. The van der Waals surface area contributed by atoms with Crippen LogP contribution in [-0.4, -0.2) is 25.9 Å². The lowest BCUT2D eigenvalue weighted by Crippen LogP contribution is -2.14. The second-order valence-electron chi connectivity index (χ2n) is 4.48. The average molecular weight is 356 g/mol. The van der Waals surface area contributed by atoms with Crippen molar-refractivity contribution in [3.05, 3.63) is 47.2 Å². The molecule has 2 aromatic rings. The summed E-state index contributed by atoms with van der Waals surface area (Å²) in [5, 5.41) is 3.11. The number of amides is 1. The van der Waals surface area contributed by atoms with E-state index in [1.807, 2.05) is 0 Å². The molecule has 23 heavy (non-hydrogen) atoms. The highest BCUT2D eigenvalue weighted by atomic mass is 35.5. The Kier molecular flexibility index (Phi) is 6.12. The molecule has 0 unspecified atom stereocenters. The number of benzene rings is 2. The van der Waals surface area contributed by atoms with E-state index in [-0.39, 0.29) is 17.5 Å². The first-order valence-corrected chi connectivity index (χ1v) is 7.99. The van der Waals surface area contributed by atoms with E-state index in [2.05, 4.69) is 5.32 Å². The molecule has 1 N–H and O–H groups in total. The first-order chi connectivity index (χ1) is 11.0. The van der Waals surface area contributed by atoms with Gasteiger partial charge in [-0.05, 0) is 30.3 Å². The van der Waals surface area contributed by atoms with Crippen LogP contribution in [0.25, 0.3) is 0 Å². The van der Waals surface area contributed by atoms with Crippen LogP contribution in [0.3, 0.4) is 0 Å². The van der Waals surface area contributed by atoms with E-state index in [0.29, 0.717) is 22.2 Å². The summed E-state index contributed by atoms with van der Waals surface area (Å²) in [6.07, 6.45) is 0. The van der Waals surface area contributed by atoms with Crippen LogP contribution in [-0.2, 0) is 4.79 Å². The number of carbonyl (C=O) groups is 1. The predicted molar refractivity (Wildman–Crippen MR) is 90.3 cm³/mol. The number of methoxy groups -OCH3 is 2. The summed E-state index contributed by atoms with van der Waals surface area (Å²) in [5.41, 5.74) is 0.461. The fourth-order valence-corrected chi connectivity index (χ4v) is 2.76. The number of halogens is 2. The summed E-state index contributed by atoms with van der Waals surface area (Å²) in [7, 11) is 2.99. The van der Waals surface area contributed by atoms with Gasteiger partial charge < -0.3 is 14.8 Å². The van der Waals surface area contributed by atoms with Gasteiger partial charge in [0.25, 0.3) is 0 Å². The molecule has 0 atom stereocenters. The molecule has 0 radical (unpaired) electrons. The number of thioether (sulfide) groups is 1. The monoisotopic (exact) mass is 355 g/mol. The Morgan fingerprint density at radius 1 is 1.17 bits per heavy atom. The van der Waals surface area contributed by atoms with Crippen LogP contribution < -0.4 is 14.8 Å². The van der Waals surface area contributed by atoms with Crippen LogP contribution in [0.4, 0.5) is 10.1 Å². The second kappa shape index (κ2) is 8.08. The van der Waals surface area contributed by atoms with Crippen LogP contribution in [0.2, 0.25) is 5.02 Å². The van der Waals surface area contributed by atoms with E-state index in [9.17, 15) is 9.18 Å². The second-order valence-corrected chi connectivity index (χ2v) is 5.93. The molecule has 0 aliphatic carbocycles. The number of carbonyl (C=O) groups excluding carboxylic acids is 1. The number of anilines is 1. The smallest absolute Gasteiger partial charge is 0.234 e. The molecule has 0 aliphatic heterocycles. The van der Waals surface area contributed by atoms with E-state index in [1.165, 1.54) is 38.1 Å². The van der Waals surface area contributed by atoms with Gasteiger partial charge in [-0.1, -0.05) is 11.6 Å². The van der Waals surface area contributed by atoms with Gasteiger partial charge in [0, 0.05) is 11.0 Å². The summed E-state index contributed by atoms with van der Waals surface area (Å²) >= 11 is 7.36. The van der Waals surface area contributed by atoms with Crippen LogP contribution in [0.5, 0.6) is 11.5 Å². The molecule has 2 aromatic carbocycles. The SMILES string of the molecule is COc1cc(OC)c(NC(=O)CSc2ccc(F)cc2)cc1Cl. The zero-order valence-electron chi connectivity index (χ0n) is 12.6. The number of hydrogen-bond donors (Lipinski definition) is 1. The van der Waals surface area contributed by atoms with Gasteiger partial charge in [0.2, 0.25) is 5.91 Å². The van der Waals surface area contributed by atoms with Crippen LogP contribution in [0, 0.1) is 5.82 Å². The average Bonchev–Trinajstić information content (AvgIpc) is 2.54. The molecule has 0 bridgehead atoms. The molecule has 4 nitrogen and oxygen atoms in total. The fraction of sp³-hybridized carbons (Fsp3) is 0.188. The molecular weight excluding hydrogens is 341 g/mol. The Labute approximate surface area is 142 Å². The highest BCUT2D eigenvalue weighted by Gasteiger charge is 2.12. The molecule has 7 heteroatoms. The van der Waals surface area contributed by atoms with Crippen molar-refractivity contribution in [2.75, 3.05) is 25.3 Å². The van der Waals surface area contributed by atoms with Gasteiger partial charge in [0.1, 0.15) is 17.3 Å². The molecule has 0 aliphatic rings. The Morgan fingerprint density at radius 3 is 2.43 bits per heavy atom. The predicted octanol–water partition coefficient (Wildman–Crippen LogP) is 4.23. The first-order valence-electron chi connectivity index (χ1n) is 6.63. The molecule has 0 saturated carbocycles. The highest BCUT2D eigenvalue weighted by Crippen LogP contribution is 2.36. The largest absolute Gasteiger partial charge is 0.495 e. The molecule has 0 spiro atoms. The molecule has 0 heterocycles. The third kappa shape index (κ3) is 4.77. The third-order valence-corrected chi connectivity index (χ3v) is 4.24. The minimum atomic E-state index is -0.309. The summed E-state index contributed by atoms with van der Waals surface area (Å²) < 4.78 is 23.2. The summed E-state index contributed by atoms with van der Waals surface area (Å²) in [6, 6.07) is 9.12. The number of ether oxygens (including phenoxy) is 2. The Balaban J connectivity index is 2.02. The van der Waals surface area contributed by atoms with E-state index in [0.717, 1.165) is 4.90 Å². The van der Waals surface area contributed by atoms with Gasteiger partial charge in [0.15, 0.2) is 0 Å². The molecular formula is C16H15ClFNO3S. The van der Waals surface area contributed by atoms with Gasteiger partial charge in [-0.15, -0.1) is 11.8 Å². The minimum Gasteiger partial charge on any atom is -0.495 e. The topological polar surface area (TPSA) is 47.6 Å². The Bertz CT molecular complexity index is 694. The third-order valence-electron chi connectivity index (χ3n) is 2.93. The van der Waals surface area contributed by atoms with E-state index in [4.69, 9.17) is 21.1 Å². The number of nitrogens with one attached hydrogen (secondary N) is 1. The zero-order chi connectivity index (χ0) is 16.8. The van der Waals surface area contributed by atoms with Gasteiger partial charge in [0.05, 0.1) is 30.7 Å². The molecule has 0 fully saturated rings. The van der Waals surface area contributed by atoms with Crippen molar-refractivity contribution in [1.29, 1.82) is 0 Å². The van der Waals surface area contributed by atoms with Gasteiger partial charge >= 0.3 is 0 Å². The van der Waals surface area contributed by atoms with E-state index < -0.39 is 0 Å². The molecule has 0 saturated heterocycles. The molecule has 2 rings (SSSR count). The fourth-order valence-electron chi connectivity index (χ4n) is 1.82. The van der Waals surface area contributed by atoms with Crippen molar-refractivity contribution < 1.29 is 18.7 Å². The van der Waals surface area contributed by atoms with E-state index in [1.54, 1.807) is 24.3 Å². The number of hydrogen-bond acceptors (Lipinski definition) is 4. The maximum Gasteiger partial charge on any atom is 0.234 e. The zero-order valence-corrected chi connectivity index (χ0v) is 14.1. The summed E-state index contributed by atoms with van der Waals surface area (Å²) in [5.74, 6) is 0.558. The van der Waals surface area contributed by atoms with Crippen molar-refractivity contribution in [2.45, 2.75) is 4.90 Å². The lowest BCUT2D eigenvalue weighted by Gasteiger charge is -2.13. The lowest BCUT2D eigenvalue weighted by molar-refractivity contribution is -0.113. The number of rotatable bonds is 6. The first kappa shape index (κ1) is 17.4. The van der Waals surface area contributed by atoms with Crippen molar-refractivity contribution in [2.24, 2.45) is 0 Å². The van der Waals surface area contributed by atoms with Crippen molar-refractivity contribution in [1.82, 2.24) is 0 Å². The molecule has 1 amide bonds. The summed E-state index contributed by atoms with van der Waals surface area (Å²) in [6.45, 7) is 0. The molecule has 0 aromatic heterocycles.